The van der Waals surface area contributed by atoms with Crippen LogP contribution in [-0.4, -0.2) is 41.9 Å². The van der Waals surface area contributed by atoms with Crippen LogP contribution in [0.5, 0.6) is 0 Å². The van der Waals surface area contributed by atoms with E-state index in [1.54, 1.807) is 4.90 Å². The Hall–Kier alpha value is -1.40. The van der Waals surface area contributed by atoms with Gasteiger partial charge in [-0.25, -0.2) is 0 Å². The number of carbonyl (C=O) groups is 2. The van der Waals surface area contributed by atoms with Gasteiger partial charge in [0.25, 0.3) is 5.91 Å². The van der Waals surface area contributed by atoms with Crippen LogP contribution >= 0.6 is 15.9 Å². The Morgan fingerprint density at radius 2 is 2.12 bits per heavy atom. The minimum Gasteiger partial charge on any atom is -0.354 e. The third-order valence-corrected chi connectivity index (χ3v) is 4.71. The Kier molecular flexibility index (Phi) is 6.04. The number of rotatable bonds is 4. The molecule has 1 fully saturated rings. The fourth-order valence-electron chi connectivity index (χ4n) is 2.87. The van der Waals surface area contributed by atoms with E-state index >= 15 is 0 Å². The molecule has 5 nitrogen and oxygen atoms in total. The normalized spacial score (nSPS) is 18.4. The minimum atomic E-state index is -0.436. The molecule has 2 amide bonds. The number of amides is 2. The molecule has 1 heterocycles. The van der Waals surface area contributed by atoms with Crippen LogP contribution in [0.4, 0.5) is 0 Å². The van der Waals surface area contributed by atoms with Gasteiger partial charge in [0.1, 0.15) is 0 Å². The third-order valence-electron chi connectivity index (χ3n) is 4.22. The number of halogens is 1. The number of nitrogens with one attached hydrogen (secondary N) is 1. The first-order valence-corrected chi connectivity index (χ1v) is 9.09. The monoisotopic (exact) mass is 395 g/mol. The Bertz CT molecular complexity index is 625. The SMILES string of the molecule is Cc1cc(Br)ccc1C(=O)N1CCCC(C(=O)NCC(C)(C)N)C1. The van der Waals surface area contributed by atoms with E-state index in [1.165, 1.54) is 0 Å². The maximum absolute atomic E-state index is 12.8. The van der Waals surface area contributed by atoms with Crippen LogP contribution in [-0.2, 0) is 4.79 Å². The van der Waals surface area contributed by atoms with E-state index in [4.69, 9.17) is 5.73 Å². The molecular formula is C18H26BrN3O2. The first-order valence-electron chi connectivity index (χ1n) is 8.29. The second-order valence-corrected chi connectivity index (χ2v) is 8.17. The van der Waals surface area contributed by atoms with E-state index in [9.17, 15) is 9.59 Å². The van der Waals surface area contributed by atoms with Gasteiger partial charge in [0.2, 0.25) is 5.91 Å². The molecular weight excluding hydrogens is 370 g/mol. The average Bonchev–Trinajstić information content (AvgIpc) is 2.51. The molecule has 0 bridgehead atoms. The lowest BCUT2D eigenvalue weighted by atomic mass is 9.95. The fraction of sp³-hybridized carbons (Fsp3) is 0.556. The number of piperidine rings is 1. The summed E-state index contributed by atoms with van der Waals surface area (Å²) >= 11 is 3.42. The third kappa shape index (κ3) is 5.05. The van der Waals surface area contributed by atoms with Crippen LogP contribution in [0.3, 0.4) is 0 Å². The first-order chi connectivity index (χ1) is 11.2. The number of nitrogens with two attached hydrogens (primary N) is 1. The summed E-state index contributed by atoms with van der Waals surface area (Å²) in [6, 6.07) is 5.64. The highest BCUT2D eigenvalue weighted by atomic mass is 79.9. The molecule has 0 aromatic heterocycles. The lowest BCUT2D eigenvalue weighted by Crippen LogP contribution is -2.50. The van der Waals surface area contributed by atoms with Crippen LogP contribution in [0.15, 0.2) is 22.7 Å². The highest BCUT2D eigenvalue weighted by molar-refractivity contribution is 9.10. The van der Waals surface area contributed by atoms with Gasteiger partial charge in [-0.2, -0.15) is 0 Å². The molecule has 24 heavy (non-hydrogen) atoms. The van der Waals surface area contributed by atoms with Crippen molar-refractivity contribution in [2.45, 2.75) is 39.2 Å². The van der Waals surface area contributed by atoms with Crippen LogP contribution in [0, 0.1) is 12.8 Å². The molecule has 0 aliphatic carbocycles. The zero-order valence-corrected chi connectivity index (χ0v) is 16.1. The van der Waals surface area contributed by atoms with Gasteiger partial charge in [-0.1, -0.05) is 15.9 Å². The molecule has 1 aromatic carbocycles. The molecule has 1 atom stereocenters. The van der Waals surface area contributed by atoms with Crippen molar-refractivity contribution in [1.29, 1.82) is 0 Å². The molecule has 2 rings (SSSR count). The molecule has 0 saturated carbocycles. The second-order valence-electron chi connectivity index (χ2n) is 7.26. The fourth-order valence-corrected chi connectivity index (χ4v) is 3.35. The predicted molar refractivity (Wildman–Crippen MR) is 98.8 cm³/mol. The smallest absolute Gasteiger partial charge is 0.254 e. The summed E-state index contributed by atoms with van der Waals surface area (Å²) in [5, 5.41) is 2.90. The molecule has 1 aliphatic rings. The lowest BCUT2D eigenvalue weighted by molar-refractivity contribution is -0.126. The zero-order valence-electron chi connectivity index (χ0n) is 14.6. The maximum Gasteiger partial charge on any atom is 0.254 e. The van der Waals surface area contributed by atoms with Crippen LogP contribution in [0.25, 0.3) is 0 Å². The lowest BCUT2D eigenvalue weighted by Gasteiger charge is -2.33. The Morgan fingerprint density at radius 1 is 1.42 bits per heavy atom. The van der Waals surface area contributed by atoms with Crippen molar-refractivity contribution in [2.24, 2.45) is 11.7 Å². The number of benzene rings is 1. The van der Waals surface area contributed by atoms with E-state index < -0.39 is 5.54 Å². The molecule has 6 heteroatoms. The number of hydrogen-bond donors (Lipinski definition) is 2. The molecule has 3 N–H and O–H groups in total. The summed E-state index contributed by atoms with van der Waals surface area (Å²) in [6.07, 6.45) is 1.64. The van der Waals surface area contributed by atoms with Gasteiger partial charge in [0.15, 0.2) is 0 Å². The number of carbonyl (C=O) groups excluding carboxylic acids is 2. The topological polar surface area (TPSA) is 75.4 Å². The quantitative estimate of drug-likeness (QED) is 0.821. The second kappa shape index (κ2) is 7.66. The van der Waals surface area contributed by atoms with Gasteiger partial charge in [0, 0.05) is 35.2 Å². The predicted octanol–water partition coefficient (Wildman–Crippen LogP) is 2.46. The van der Waals surface area contributed by atoms with Gasteiger partial charge in [-0.15, -0.1) is 0 Å². The summed E-state index contributed by atoms with van der Waals surface area (Å²) < 4.78 is 0.955. The summed E-state index contributed by atoms with van der Waals surface area (Å²) in [5.74, 6) is -0.184. The minimum absolute atomic E-state index is 0.00310. The van der Waals surface area contributed by atoms with Gasteiger partial charge < -0.3 is 16.0 Å². The summed E-state index contributed by atoms with van der Waals surface area (Å²) in [6.45, 7) is 7.27. The Morgan fingerprint density at radius 3 is 2.75 bits per heavy atom. The van der Waals surface area contributed by atoms with Crippen molar-refractivity contribution in [2.75, 3.05) is 19.6 Å². The number of nitrogens with zero attached hydrogens (tertiary/aromatic N) is 1. The molecule has 0 spiro atoms. The van der Waals surface area contributed by atoms with E-state index in [0.717, 1.165) is 22.9 Å². The van der Waals surface area contributed by atoms with E-state index in [0.29, 0.717) is 25.2 Å². The first kappa shape index (κ1) is 18.9. The summed E-state index contributed by atoms with van der Waals surface area (Å²) in [5.41, 5.74) is 7.11. The molecule has 1 aliphatic heterocycles. The highest BCUT2D eigenvalue weighted by Gasteiger charge is 2.29. The van der Waals surface area contributed by atoms with Gasteiger partial charge in [0.05, 0.1) is 5.92 Å². The summed E-state index contributed by atoms with van der Waals surface area (Å²) in [7, 11) is 0. The van der Waals surface area contributed by atoms with Crippen molar-refractivity contribution in [3.05, 3.63) is 33.8 Å². The molecule has 0 radical (unpaired) electrons. The molecule has 1 aromatic rings. The van der Waals surface area contributed by atoms with Crippen molar-refractivity contribution in [1.82, 2.24) is 10.2 Å². The molecule has 1 unspecified atom stereocenters. The zero-order chi connectivity index (χ0) is 17.9. The molecule has 132 valence electrons. The van der Waals surface area contributed by atoms with Crippen LogP contribution in [0.2, 0.25) is 0 Å². The number of hydrogen-bond acceptors (Lipinski definition) is 3. The van der Waals surface area contributed by atoms with Gasteiger partial charge in [-0.05, 0) is 57.4 Å². The van der Waals surface area contributed by atoms with Crippen molar-refractivity contribution in [3.8, 4) is 0 Å². The average molecular weight is 396 g/mol. The van der Waals surface area contributed by atoms with Gasteiger partial charge >= 0.3 is 0 Å². The van der Waals surface area contributed by atoms with Crippen LogP contribution in [0.1, 0.15) is 42.6 Å². The van der Waals surface area contributed by atoms with Crippen LogP contribution < -0.4 is 11.1 Å². The Balaban J connectivity index is 2.02. The maximum atomic E-state index is 12.8. The highest BCUT2D eigenvalue weighted by Crippen LogP contribution is 2.22. The van der Waals surface area contributed by atoms with Gasteiger partial charge in [-0.3, -0.25) is 9.59 Å². The molecule has 1 saturated heterocycles. The Labute approximate surface area is 152 Å². The number of aryl methyl sites for hydroxylation is 1. The van der Waals surface area contributed by atoms with Crippen molar-refractivity contribution >= 4 is 27.7 Å². The standard InChI is InChI=1S/C18H26BrN3O2/c1-12-9-14(19)6-7-15(12)17(24)22-8-4-5-13(10-22)16(23)21-11-18(2,3)20/h6-7,9,13H,4-5,8,10-11,20H2,1-3H3,(H,21,23). The summed E-state index contributed by atoms with van der Waals surface area (Å²) in [4.78, 5) is 26.9. The van der Waals surface area contributed by atoms with E-state index in [2.05, 4.69) is 21.2 Å². The van der Waals surface area contributed by atoms with Crippen molar-refractivity contribution in [3.63, 3.8) is 0 Å². The number of likely N-dealkylation sites (tertiary alicyclic amines) is 1. The van der Waals surface area contributed by atoms with Crippen molar-refractivity contribution < 1.29 is 9.59 Å². The van der Waals surface area contributed by atoms with E-state index in [-0.39, 0.29) is 17.7 Å². The largest absolute Gasteiger partial charge is 0.354 e. The van der Waals surface area contributed by atoms with E-state index in [1.807, 2.05) is 39.0 Å².